The Labute approximate surface area is 139 Å². The van der Waals surface area contributed by atoms with Crippen LogP contribution >= 0.6 is 0 Å². The molecular formula is C15H14CrO6. The van der Waals surface area contributed by atoms with Crippen molar-refractivity contribution in [2.75, 3.05) is 7.11 Å². The van der Waals surface area contributed by atoms with Crippen molar-refractivity contribution in [3.05, 3.63) is 55.3 Å². The smallest absolute Gasteiger partial charge is 0 e. The summed E-state index contributed by atoms with van der Waals surface area (Å²) in [4.78, 5) is 11.4. The van der Waals surface area contributed by atoms with Crippen molar-refractivity contribution >= 4 is 5.97 Å². The molecule has 22 heavy (non-hydrogen) atoms. The quantitative estimate of drug-likeness (QED) is 0.473. The van der Waals surface area contributed by atoms with Crippen molar-refractivity contribution in [1.82, 2.24) is 0 Å². The number of rotatable bonds is 1. The van der Waals surface area contributed by atoms with Crippen LogP contribution in [-0.4, -0.2) is 18.2 Å². The Balaban J connectivity index is -0.000000463. The van der Waals surface area contributed by atoms with E-state index in [0.717, 1.165) is 17.5 Å². The Morgan fingerprint density at radius 3 is 2.18 bits per heavy atom. The zero-order valence-electron chi connectivity index (χ0n) is 11.8. The third kappa shape index (κ3) is 6.91. The second-order valence-corrected chi connectivity index (χ2v) is 3.81. The molecule has 0 unspecified atom stereocenters. The summed E-state index contributed by atoms with van der Waals surface area (Å²) in [7, 11) is 1.36. The first-order valence-corrected chi connectivity index (χ1v) is 5.69. The number of methoxy groups -OCH3 is 1. The average Bonchev–Trinajstić information content (AvgIpc) is 2.60. The first-order valence-electron chi connectivity index (χ1n) is 5.69. The van der Waals surface area contributed by atoms with E-state index >= 15 is 0 Å². The van der Waals surface area contributed by atoms with Crippen LogP contribution in [0.3, 0.4) is 0 Å². The maximum Gasteiger partial charge on any atom is 0 e. The van der Waals surface area contributed by atoms with Gasteiger partial charge in [-0.1, -0.05) is 24.3 Å². The molecule has 1 aromatic rings. The van der Waals surface area contributed by atoms with E-state index in [4.69, 9.17) is 14.0 Å². The molecule has 7 heteroatoms. The number of esters is 1. The molecule has 1 aliphatic rings. The molecule has 1 aliphatic carbocycles. The van der Waals surface area contributed by atoms with Crippen LogP contribution in [0.5, 0.6) is 0 Å². The van der Waals surface area contributed by atoms with Crippen LogP contribution in [-0.2, 0) is 47.3 Å². The van der Waals surface area contributed by atoms with E-state index in [1.807, 2.05) is 24.3 Å². The number of aliphatic hydroxyl groups excluding tert-OH is 1. The van der Waals surface area contributed by atoms with Gasteiger partial charge in [0.05, 0.1) is 19.1 Å². The number of benzene rings is 1. The third-order valence-electron chi connectivity index (χ3n) is 2.98. The predicted molar refractivity (Wildman–Crippen MR) is 67.0 cm³/mol. The van der Waals surface area contributed by atoms with Crippen LogP contribution in [0.2, 0.25) is 0 Å². The Bertz CT molecular complexity index is 480. The van der Waals surface area contributed by atoms with E-state index in [1.165, 1.54) is 7.11 Å². The molecule has 1 N–H and O–H groups in total. The molecule has 0 amide bonds. The van der Waals surface area contributed by atoms with Gasteiger partial charge in [-0.05, 0) is 24.0 Å². The van der Waals surface area contributed by atoms with Crippen LogP contribution in [0.15, 0.2) is 24.3 Å². The fourth-order valence-corrected chi connectivity index (χ4v) is 2.13. The van der Waals surface area contributed by atoms with Crippen LogP contribution in [0.1, 0.15) is 23.7 Å². The second-order valence-electron chi connectivity index (χ2n) is 3.81. The molecule has 0 saturated carbocycles. The van der Waals surface area contributed by atoms with Gasteiger partial charge in [0.25, 0.3) is 0 Å². The second kappa shape index (κ2) is 15.8. The number of fused-ring (bicyclic) bond motifs is 1. The van der Waals surface area contributed by atoms with Crippen molar-refractivity contribution in [1.29, 1.82) is 0 Å². The van der Waals surface area contributed by atoms with Crippen molar-refractivity contribution in [3.63, 3.8) is 0 Å². The number of aryl methyl sites for hydroxylation is 1. The summed E-state index contributed by atoms with van der Waals surface area (Å²) in [6, 6.07) is 7.69. The first-order chi connectivity index (χ1) is 10.2. The molecule has 1 aromatic carbocycles. The molecule has 0 radical (unpaired) electrons. The minimum absolute atomic E-state index is 0. The fourth-order valence-electron chi connectivity index (χ4n) is 2.13. The number of ether oxygens (including phenoxy) is 1. The summed E-state index contributed by atoms with van der Waals surface area (Å²) in [6.07, 6.45) is 0.764. The number of aliphatic hydroxyl groups is 1. The van der Waals surface area contributed by atoms with Gasteiger partial charge in [0.1, 0.15) is 0 Å². The van der Waals surface area contributed by atoms with Crippen molar-refractivity contribution in [2.24, 2.45) is 5.92 Å². The molecule has 116 valence electrons. The number of carbonyl (C=O) groups excluding carboxylic acids is 1. The minimum atomic E-state index is -0.720. The van der Waals surface area contributed by atoms with E-state index in [9.17, 15) is 9.90 Å². The Hall–Kier alpha value is -1.60. The summed E-state index contributed by atoms with van der Waals surface area (Å²) in [5.41, 5.74) is 1.99. The number of hydrogen-bond donors (Lipinski definition) is 1. The van der Waals surface area contributed by atoms with E-state index in [-0.39, 0.29) is 23.3 Å². The van der Waals surface area contributed by atoms with Crippen molar-refractivity contribution in [3.8, 4) is 0 Å². The molecule has 6 nitrogen and oxygen atoms in total. The van der Waals surface area contributed by atoms with E-state index < -0.39 is 12.0 Å². The molecule has 2 atom stereocenters. The van der Waals surface area contributed by atoms with Gasteiger partial charge >= 0.3 is 39.9 Å². The monoisotopic (exact) mass is 342 g/mol. The van der Waals surface area contributed by atoms with E-state index in [0.29, 0.717) is 6.42 Å². The van der Waals surface area contributed by atoms with Gasteiger partial charge in [0.2, 0.25) is 0 Å². The summed E-state index contributed by atoms with van der Waals surface area (Å²) in [6.45, 7) is 13.5. The maximum atomic E-state index is 11.4. The van der Waals surface area contributed by atoms with Crippen molar-refractivity contribution in [2.45, 2.75) is 18.9 Å². The molecule has 0 aromatic heterocycles. The summed E-state index contributed by atoms with van der Waals surface area (Å²) in [5.74, 6) is -0.734. The Morgan fingerprint density at radius 1 is 1.18 bits per heavy atom. The summed E-state index contributed by atoms with van der Waals surface area (Å²) >= 11 is 0. The molecule has 0 spiro atoms. The van der Waals surface area contributed by atoms with Gasteiger partial charge in [0, 0.05) is 17.4 Å². The van der Waals surface area contributed by atoms with Gasteiger partial charge in [-0.15, -0.1) is 0 Å². The fraction of sp³-hybridized carbons (Fsp3) is 0.333. The standard InChI is InChI=1S/C12H14O3.3CO.Cr/c1-15-12(14)10-7-6-8-4-2-3-5-9(8)11(10)13;3*1-2;/h2-5,10-11,13H,6-7H2,1H3;;;;/t10-,11-;;;;/m0..../s1. The number of hydrogen-bond acceptors (Lipinski definition) is 3. The van der Waals surface area contributed by atoms with E-state index in [1.54, 1.807) is 0 Å². The van der Waals surface area contributed by atoms with Gasteiger partial charge in [-0.25, -0.2) is 0 Å². The SMILES string of the molecule is COC(=O)[C@H]1CCc2ccccc2[C@@H]1O.[C-]#[O+].[C-]#[O+].[C-]#[O+].[Cr]. The molecule has 0 heterocycles. The molecule has 0 fully saturated rings. The van der Waals surface area contributed by atoms with Crippen LogP contribution in [0.4, 0.5) is 0 Å². The largest absolute Gasteiger partial charge is 0 e. The van der Waals surface area contributed by atoms with Gasteiger partial charge < -0.3 is 9.84 Å². The Kier molecular flexibility index (Phi) is 18.2. The van der Waals surface area contributed by atoms with Crippen LogP contribution in [0.25, 0.3) is 0 Å². The number of carbonyl (C=O) groups is 1. The third-order valence-corrected chi connectivity index (χ3v) is 2.98. The van der Waals surface area contributed by atoms with Crippen molar-refractivity contribution < 1.29 is 46.0 Å². The first kappa shape index (κ1) is 25.4. The van der Waals surface area contributed by atoms with Gasteiger partial charge in [-0.3, -0.25) is 4.79 Å². The maximum absolute atomic E-state index is 11.4. The normalized spacial score (nSPS) is 16.9. The Morgan fingerprint density at radius 2 is 1.68 bits per heavy atom. The molecule has 0 saturated heterocycles. The van der Waals surface area contributed by atoms with Gasteiger partial charge in [-0.2, -0.15) is 0 Å². The molecular weight excluding hydrogens is 328 g/mol. The van der Waals surface area contributed by atoms with Crippen LogP contribution in [0, 0.1) is 25.9 Å². The zero-order valence-corrected chi connectivity index (χ0v) is 13.1. The van der Waals surface area contributed by atoms with Gasteiger partial charge in [0.15, 0.2) is 0 Å². The summed E-state index contributed by atoms with van der Waals surface area (Å²) < 4.78 is 27.2. The average molecular weight is 342 g/mol. The van der Waals surface area contributed by atoms with E-state index in [2.05, 4.69) is 24.7 Å². The molecule has 0 aliphatic heterocycles. The minimum Gasteiger partial charge on any atom is 0 e. The molecule has 0 bridgehead atoms. The molecule has 2 rings (SSSR count). The topological polar surface area (TPSA) is 106 Å². The zero-order chi connectivity index (χ0) is 16.8. The van der Waals surface area contributed by atoms with Crippen LogP contribution < -0.4 is 0 Å². The summed E-state index contributed by atoms with van der Waals surface area (Å²) in [5, 5.41) is 10.0. The predicted octanol–water partition coefficient (Wildman–Crippen LogP) is 1.34.